The molecule has 2 heterocycles. The van der Waals surface area contributed by atoms with Gasteiger partial charge in [-0.2, -0.15) is 5.10 Å². The third-order valence-corrected chi connectivity index (χ3v) is 4.57. The van der Waals surface area contributed by atoms with Crippen LogP contribution < -0.4 is 5.32 Å². The van der Waals surface area contributed by atoms with Gasteiger partial charge in [-0.25, -0.2) is 9.50 Å². The quantitative estimate of drug-likeness (QED) is 0.600. The summed E-state index contributed by atoms with van der Waals surface area (Å²) in [6, 6.07) is 18.1. The Labute approximate surface area is 157 Å². The number of benzene rings is 2. The number of hydrogen-bond donors (Lipinski definition) is 1. The molecule has 0 unspecified atom stereocenters. The molecule has 2 aromatic heterocycles. The number of nitrogens with one attached hydrogen (secondary N) is 1. The van der Waals surface area contributed by atoms with Crippen LogP contribution in [0.25, 0.3) is 16.6 Å². The van der Waals surface area contributed by atoms with Crippen molar-refractivity contribution in [3.8, 4) is 0 Å². The maximum absolute atomic E-state index is 11.5. The van der Waals surface area contributed by atoms with E-state index in [0.29, 0.717) is 6.54 Å². The number of aromatic nitrogens is 3. The second-order valence-electron chi connectivity index (χ2n) is 6.73. The molecule has 0 aliphatic heterocycles. The number of anilines is 2. The van der Waals surface area contributed by atoms with Gasteiger partial charge in [-0.1, -0.05) is 24.3 Å². The fourth-order valence-corrected chi connectivity index (χ4v) is 3.14. The standard InChI is InChI=1S/C21H21N5O/c1-14-11-20-23-21(18-9-4-5-10-19(18)26(20)24-14)22-17-8-6-7-16(12-17)13-25(3)15(2)27/h4-12H,13H2,1-3H3,(H,22,23). The first-order chi connectivity index (χ1) is 13.0. The van der Waals surface area contributed by atoms with E-state index in [2.05, 4.69) is 10.4 Å². The van der Waals surface area contributed by atoms with E-state index in [4.69, 9.17) is 4.98 Å². The Kier molecular flexibility index (Phi) is 4.24. The molecule has 0 radical (unpaired) electrons. The Morgan fingerprint density at radius 1 is 1.15 bits per heavy atom. The van der Waals surface area contributed by atoms with Crippen molar-refractivity contribution >= 4 is 34.0 Å². The highest BCUT2D eigenvalue weighted by atomic mass is 16.2. The molecule has 0 atom stereocenters. The molecule has 0 fully saturated rings. The molecule has 2 aromatic carbocycles. The molecule has 4 rings (SSSR count). The number of carbonyl (C=O) groups excluding carboxylic acids is 1. The second-order valence-corrected chi connectivity index (χ2v) is 6.73. The van der Waals surface area contributed by atoms with Crippen LogP contribution >= 0.6 is 0 Å². The van der Waals surface area contributed by atoms with Crippen LogP contribution in [0.2, 0.25) is 0 Å². The topological polar surface area (TPSA) is 62.5 Å². The van der Waals surface area contributed by atoms with Crippen molar-refractivity contribution in [1.82, 2.24) is 19.5 Å². The van der Waals surface area contributed by atoms with Crippen molar-refractivity contribution in [3.05, 3.63) is 65.9 Å². The van der Waals surface area contributed by atoms with Crippen LogP contribution in [0.3, 0.4) is 0 Å². The number of rotatable bonds is 4. The molecule has 1 N–H and O–H groups in total. The second kappa shape index (κ2) is 6.72. The summed E-state index contributed by atoms with van der Waals surface area (Å²) in [7, 11) is 1.80. The summed E-state index contributed by atoms with van der Waals surface area (Å²) < 4.78 is 1.87. The number of carbonyl (C=O) groups is 1. The van der Waals surface area contributed by atoms with Crippen molar-refractivity contribution < 1.29 is 4.79 Å². The summed E-state index contributed by atoms with van der Waals surface area (Å²) in [6.45, 7) is 4.10. The smallest absolute Gasteiger partial charge is 0.219 e. The molecule has 0 bridgehead atoms. The molecule has 0 aliphatic carbocycles. The molecule has 136 valence electrons. The fourth-order valence-electron chi connectivity index (χ4n) is 3.14. The van der Waals surface area contributed by atoms with Crippen molar-refractivity contribution in [1.29, 1.82) is 0 Å². The highest BCUT2D eigenvalue weighted by Gasteiger charge is 2.11. The van der Waals surface area contributed by atoms with Crippen molar-refractivity contribution in [2.75, 3.05) is 12.4 Å². The molecule has 0 aliphatic rings. The Balaban J connectivity index is 1.74. The first kappa shape index (κ1) is 17.0. The number of para-hydroxylation sites is 1. The lowest BCUT2D eigenvalue weighted by molar-refractivity contribution is -0.128. The Bertz CT molecular complexity index is 1150. The van der Waals surface area contributed by atoms with E-state index in [-0.39, 0.29) is 5.91 Å². The lowest BCUT2D eigenvalue weighted by Gasteiger charge is -2.16. The first-order valence-electron chi connectivity index (χ1n) is 8.84. The molecule has 0 spiro atoms. The van der Waals surface area contributed by atoms with E-state index >= 15 is 0 Å². The van der Waals surface area contributed by atoms with Gasteiger partial charge in [0.15, 0.2) is 5.65 Å². The van der Waals surface area contributed by atoms with Crippen LogP contribution in [0.5, 0.6) is 0 Å². The van der Waals surface area contributed by atoms with E-state index in [9.17, 15) is 4.79 Å². The first-order valence-corrected chi connectivity index (χ1v) is 8.84. The zero-order valence-electron chi connectivity index (χ0n) is 15.6. The van der Waals surface area contributed by atoms with Crippen molar-refractivity contribution in [2.45, 2.75) is 20.4 Å². The van der Waals surface area contributed by atoms with Crippen LogP contribution in [0.15, 0.2) is 54.6 Å². The Morgan fingerprint density at radius 2 is 1.96 bits per heavy atom. The maximum atomic E-state index is 11.5. The number of fused-ring (bicyclic) bond motifs is 3. The highest BCUT2D eigenvalue weighted by Crippen LogP contribution is 2.26. The van der Waals surface area contributed by atoms with E-state index in [1.165, 1.54) is 0 Å². The average molecular weight is 359 g/mol. The van der Waals surface area contributed by atoms with Gasteiger partial charge < -0.3 is 10.2 Å². The largest absolute Gasteiger partial charge is 0.342 e. The predicted octanol–water partition coefficient (Wildman–Crippen LogP) is 3.91. The van der Waals surface area contributed by atoms with Gasteiger partial charge in [-0.15, -0.1) is 0 Å². The zero-order valence-corrected chi connectivity index (χ0v) is 15.6. The minimum atomic E-state index is 0.0441. The summed E-state index contributed by atoms with van der Waals surface area (Å²) in [5, 5.41) is 8.98. The van der Waals surface area contributed by atoms with Crippen LogP contribution in [0.1, 0.15) is 18.2 Å². The van der Waals surface area contributed by atoms with Crippen molar-refractivity contribution in [3.63, 3.8) is 0 Å². The number of nitrogens with zero attached hydrogens (tertiary/aromatic N) is 4. The zero-order chi connectivity index (χ0) is 19.0. The summed E-state index contributed by atoms with van der Waals surface area (Å²) in [4.78, 5) is 17.9. The van der Waals surface area contributed by atoms with Gasteiger partial charge in [0.25, 0.3) is 0 Å². The Hall–Kier alpha value is -3.41. The molecular weight excluding hydrogens is 338 g/mol. The van der Waals surface area contributed by atoms with Gasteiger partial charge in [-0.3, -0.25) is 4.79 Å². The highest BCUT2D eigenvalue weighted by molar-refractivity contribution is 5.92. The lowest BCUT2D eigenvalue weighted by atomic mass is 10.1. The monoisotopic (exact) mass is 359 g/mol. The van der Waals surface area contributed by atoms with E-state index in [1.807, 2.05) is 66.0 Å². The lowest BCUT2D eigenvalue weighted by Crippen LogP contribution is -2.22. The maximum Gasteiger partial charge on any atom is 0.219 e. The van der Waals surface area contributed by atoms with Gasteiger partial charge in [0.2, 0.25) is 5.91 Å². The predicted molar refractivity (Wildman–Crippen MR) is 107 cm³/mol. The third-order valence-electron chi connectivity index (χ3n) is 4.57. The normalized spacial score (nSPS) is 11.1. The van der Waals surface area contributed by atoms with Crippen LogP contribution in [0, 0.1) is 6.92 Å². The summed E-state index contributed by atoms with van der Waals surface area (Å²) in [6.07, 6.45) is 0. The molecular formula is C21H21N5O. The van der Waals surface area contributed by atoms with Gasteiger partial charge in [-0.05, 0) is 36.8 Å². The summed E-state index contributed by atoms with van der Waals surface area (Å²) in [5.41, 5.74) is 4.73. The number of hydrogen-bond acceptors (Lipinski definition) is 4. The van der Waals surface area contributed by atoms with Gasteiger partial charge in [0.05, 0.1) is 11.2 Å². The fraction of sp³-hybridized carbons (Fsp3) is 0.190. The Morgan fingerprint density at radius 3 is 2.78 bits per heavy atom. The molecule has 27 heavy (non-hydrogen) atoms. The van der Waals surface area contributed by atoms with Crippen LogP contribution in [0.4, 0.5) is 11.5 Å². The molecule has 6 nitrogen and oxygen atoms in total. The molecule has 0 saturated carbocycles. The van der Waals surface area contributed by atoms with Gasteiger partial charge >= 0.3 is 0 Å². The van der Waals surface area contributed by atoms with Gasteiger partial charge in [0.1, 0.15) is 5.82 Å². The third kappa shape index (κ3) is 3.33. The van der Waals surface area contributed by atoms with E-state index < -0.39 is 0 Å². The van der Waals surface area contributed by atoms with E-state index in [1.54, 1.807) is 18.9 Å². The van der Waals surface area contributed by atoms with Crippen LogP contribution in [-0.4, -0.2) is 32.5 Å². The number of aryl methyl sites for hydroxylation is 1. The molecule has 4 aromatic rings. The van der Waals surface area contributed by atoms with Crippen molar-refractivity contribution in [2.24, 2.45) is 0 Å². The van der Waals surface area contributed by atoms with E-state index in [0.717, 1.165) is 39.3 Å². The average Bonchev–Trinajstić information content (AvgIpc) is 3.02. The molecule has 6 heteroatoms. The summed E-state index contributed by atoms with van der Waals surface area (Å²) >= 11 is 0. The number of amides is 1. The molecule has 1 amide bonds. The molecule has 0 saturated heterocycles. The minimum absolute atomic E-state index is 0.0441. The summed E-state index contributed by atoms with van der Waals surface area (Å²) in [5.74, 6) is 0.831. The minimum Gasteiger partial charge on any atom is -0.342 e. The SMILES string of the molecule is CC(=O)N(C)Cc1cccc(Nc2nc3cc(C)nn3c3ccccc23)c1. The van der Waals surface area contributed by atoms with Gasteiger partial charge in [0, 0.05) is 37.7 Å². The van der Waals surface area contributed by atoms with Crippen LogP contribution in [-0.2, 0) is 11.3 Å².